The summed E-state index contributed by atoms with van der Waals surface area (Å²) in [6.07, 6.45) is 5.95. The minimum absolute atomic E-state index is 0.0140. The number of rotatable bonds is 4. The van der Waals surface area contributed by atoms with Crippen molar-refractivity contribution in [2.24, 2.45) is 17.3 Å². The molecule has 1 aromatic carbocycles. The van der Waals surface area contributed by atoms with Gasteiger partial charge in [0.25, 0.3) is 0 Å². The van der Waals surface area contributed by atoms with Crippen molar-refractivity contribution in [2.75, 3.05) is 11.9 Å². The molecule has 4 saturated carbocycles. The van der Waals surface area contributed by atoms with Gasteiger partial charge in [0.05, 0.1) is 12.0 Å². The van der Waals surface area contributed by atoms with Gasteiger partial charge in [-0.25, -0.2) is 0 Å². The summed E-state index contributed by atoms with van der Waals surface area (Å²) in [6.45, 7) is 0.0140. The van der Waals surface area contributed by atoms with Gasteiger partial charge in [0, 0.05) is 10.6 Å². The first-order valence-electron chi connectivity index (χ1n) is 8.79. The molecule has 24 heavy (non-hydrogen) atoms. The maximum Gasteiger partial charge on any atom is 0.243 e. The minimum atomic E-state index is -0.348. The predicted molar refractivity (Wildman–Crippen MR) is 93.8 cm³/mol. The highest BCUT2D eigenvalue weighted by Crippen LogP contribution is 2.63. The van der Waals surface area contributed by atoms with E-state index in [9.17, 15) is 9.59 Å². The summed E-state index contributed by atoms with van der Waals surface area (Å²) in [5.41, 5.74) is 0.394. The molecule has 4 aliphatic carbocycles. The second-order valence-corrected chi connectivity index (χ2v) is 8.79. The smallest absolute Gasteiger partial charge is 0.243 e. The van der Waals surface area contributed by atoms with Crippen molar-refractivity contribution in [3.05, 3.63) is 30.3 Å². The number of nitrogens with one attached hydrogen (secondary N) is 2. The Morgan fingerprint density at radius 2 is 1.75 bits per heavy atom. The number of halogens is 1. The highest BCUT2D eigenvalue weighted by molar-refractivity contribution is 6.24. The lowest BCUT2D eigenvalue weighted by molar-refractivity contribution is -0.145. The number of anilines is 1. The Hall–Kier alpha value is -1.55. The SMILES string of the molecule is O=C(CNC(=O)C12C[C@@H]3C[C@@H](CC(Cl)(C3)C1)C2)Nc1ccccc1. The Morgan fingerprint density at radius 1 is 1.08 bits per heavy atom. The van der Waals surface area contributed by atoms with Crippen LogP contribution in [0.4, 0.5) is 5.69 Å². The Bertz CT molecular complexity index is 647. The second kappa shape index (κ2) is 5.76. The van der Waals surface area contributed by atoms with Gasteiger partial charge in [-0.3, -0.25) is 9.59 Å². The van der Waals surface area contributed by atoms with E-state index in [1.54, 1.807) is 0 Å². The molecule has 4 nitrogen and oxygen atoms in total. The van der Waals surface area contributed by atoms with Gasteiger partial charge in [-0.15, -0.1) is 11.6 Å². The molecular formula is C19H23ClN2O2. The van der Waals surface area contributed by atoms with Gasteiger partial charge in [0.2, 0.25) is 11.8 Å². The molecule has 4 atom stereocenters. The topological polar surface area (TPSA) is 58.2 Å². The van der Waals surface area contributed by atoms with Crippen LogP contribution in [0.3, 0.4) is 0 Å². The van der Waals surface area contributed by atoms with Crippen LogP contribution < -0.4 is 10.6 Å². The van der Waals surface area contributed by atoms with Crippen molar-refractivity contribution in [1.82, 2.24) is 5.32 Å². The molecule has 2 amide bonds. The predicted octanol–water partition coefficient (Wildman–Crippen LogP) is 3.32. The van der Waals surface area contributed by atoms with Gasteiger partial charge < -0.3 is 10.6 Å². The van der Waals surface area contributed by atoms with Crippen LogP contribution in [0.15, 0.2) is 30.3 Å². The monoisotopic (exact) mass is 346 g/mol. The highest BCUT2D eigenvalue weighted by Gasteiger charge is 2.59. The van der Waals surface area contributed by atoms with Crippen molar-refractivity contribution < 1.29 is 9.59 Å². The van der Waals surface area contributed by atoms with Crippen LogP contribution in [0.25, 0.3) is 0 Å². The van der Waals surface area contributed by atoms with Gasteiger partial charge >= 0.3 is 0 Å². The third-order valence-corrected chi connectivity index (χ3v) is 6.38. The van der Waals surface area contributed by atoms with Gasteiger partial charge in [0.15, 0.2) is 0 Å². The summed E-state index contributed by atoms with van der Waals surface area (Å²) in [6, 6.07) is 9.28. The summed E-state index contributed by atoms with van der Waals surface area (Å²) in [7, 11) is 0. The third-order valence-electron chi connectivity index (χ3n) is 5.94. The first kappa shape index (κ1) is 15.9. The summed E-state index contributed by atoms with van der Waals surface area (Å²) in [4.78, 5) is 24.7. The van der Waals surface area contributed by atoms with Crippen LogP contribution in [0.2, 0.25) is 0 Å². The fraction of sp³-hybridized carbons (Fsp3) is 0.579. The minimum Gasteiger partial charge on any atom is -0.347 e. The van der Waals surface area contributed by atoms with Gasteiger partial charge in [0.1, 0.15) is 0 Å². The molecule has 5 heteroatoms. The van der Waals surface area contributed by atoms with Gasteiger partial charge in [-0.2, -0.15) is 0 Å². The van der Waals surface area contributed by atoms with Crippen molar-refractivity contribution in [1.29, 1.82) is 0 Å². The van der Waals surface area contributed by atoms with Crippen LogP contribution in [-0.2, 0) is 9.59 Å². The van der Waals surface area contributed by atoms with E-state index in [-0.39, 0.29) is 28.6 Å². The molecule has 128 valence electrons. The zero-order valence-corrected chi connectivity index (χ0v) is 14.4. The van der Waals surface area contributed by atoms with E-state index < -0.39 is 0 Å². The number of hydrogen-bond acceptors (Lipinski definition) is 2. The summed E-state index contributed by atoms with van der Waals surface area (Å²) >= 11 is 6.78. The number of benzene rings is 1. The van der Waals surface area contributed by atoms with E-state index >= 15 is 0 Å². The quantitative estimate of drug-likeness (QED) is 0.822. The molecule has 0 radical (unpaired) electrons. The molecule has 0 saturated heterocycles. The maximum atomic E-state index is 12.8. The van der Waals surface area contributed by atoms with Gasteiger partial charge in [-0.05, 0) is 62.5 Å². The van der Waals surface area contributed by atoms with E-state index in [0.717, 1.165) is 37.8 Å². The molecule has 0 aromatic heterocycles. The zero-order chi connectivity index (χ0) is 16.8. The number of amides is 2. The Balaban J connectivity index is 1.37. The molecule has 0 spiro atoms. The van der Waals surface area contributed by atoms with Crippen molar-refractivity contribution >= 4 is 29.1 Å². The number of alkyl halides is 1. The van der Waals surface area contributed by atoms with E-state index in [1.807, 2.05) is 30.3 Å². The van der Waals surface area contributed by atoms with E-state index in [4.69, 9.17) is 11.6 Å². The molecular weight excluding hydrogens is 324 g/mol. The highest BCUT2D eigenvalue weighted by atomic mass is 35.5. The first-order valence-corrected chi connectivity index (χ1v) is 9.16. The number of hydrogen-bond donors (Lipinski definition) is 2. The molecule has 0 aliphatic heterocycles. The lowest BCUT2D eigenvalue weighted by Gasteiger charge is -2.59. The van der Waals surface area contributed by atoms with Crippen LogP contribution in [0.5, 0.6) is 0 Å². The fourth-order valence-electron chi connectivity index (χ4n) is 5.49. The second-order valence-electron chi connectivity index (χ2n) is 7.99. The molecule has 4 fully saturated rings. The zero-order valence-electron chi connectivity index (χ0n) is 13.7. The molecule has 0 heterocycles. The number of para-hydroxylation sites is 1. The largest absolute Gasteiger partial charge is 0.347 e. The van der Waals surface area contributed by atoms with Crippen LogP contribution >= 0.6 is 11.6 Å². The fourth-order valence-corrected chi connectivity index (χ4v) is 6.18. The Morgan fingerprint density at radius 3 is 2.38 bits per heavy atom. The normalized spacial score (nSPS) is 36.4. The van der Waals surface area contributed by atoms with Crippen molar-refractivity contribution in [3.8, 4) is 0 Å². The summed E-state index contributed by atoms with van der Waals surface area (Å²) in [5, 5.41) is 5.67. The number of carbonyl (C=O) groups excluding carboxylic acids is 2. The summed E-state index contributed by atoms with van der Waals surface area (Å²) < 4.78 is 0. The maximum absolute atomic E-state index is 12.8. The van der Waals surface area contributed by atoms with Crippen LogP contribution in [-0.4, -0.2) is 23.2 Å². The number of carbonyl (C=O) groups is 2. The first-order chi connectivity index (χ1) is 11.5. The van der Waals surface area contributed by atoms with Crippen LogP contribution in [0.1, 0.15) is 38.5 Å². The standard InChI is InChI=1S/C19H23ClN2O2/c20-19-9-13-6-14(10-19)8-18(7-13,12-19)17(24)21-11-16(23)22-15-4-2-1-3-5-15/h1-5,13-14H,6-12H2,(H,21,24)(H,22,23)/t13-,14+,18?,19?. The molecule has 2 N–H and O–H groups in total. The van der Waals surface area contributed by atoms with Gasteiger partial charge in [-0.1, -0.05) is 18.2 Å². The lowest BCUT2D eigenvalue weighted by atomic mass is 9.49. The molecule has 5 rings (SSSR count). The molecule has 1 aromatic rings. The average molecular weight is 347 g/mol. The molecule has 4 bridgehead atoms. The summed E-state index contributed by atoms with van der Waals surface area (Å²) in [5.74, 6) is 0.977. The average Bonchev–Trinajstić information content (AvgIpc) is 2.51. The van der Waals surface area contributed by atoms with Crippen molar-refractivity contribution in [3.63, 3.8) is 0 Å². The van der Waals surface area contributed by atoms with E-state index in [2.05, 4.69) is 10.6 Å². The van der Waals surface area contributed by atoms with E-state index in [0.29, 0.717) is 11.8 Å². The van der Waals surface area contributed by atoms with Crippen molar-refractivity contribution in [2.45, 2.75) is 43.4 Å². The van der Waals surface area contributed by atoms with E-state index in [1.165, 1.54) is 6.42 Å². The Labute approximate surface area is 147 Å². The van der Waals surface area contributed by atoms with Crippen LogP contribution in [0, 0.1) is 17.3 Å². The third kappa shape index (κ3) is 2.92. The molecule has 4 aliphatic rings. The lowest BCUT2D eigenvalue weighted by Crippen LogP contribution is -2.58. The molecule has 2 unspecified atom stereocenters. The Kier molecular flexibility index (Phi) is 3.83.